The summed E-state index contributed by atoms with van der Waals surface area (Å²) in [5, 5.41) is 0.200. The Hall–Kier alpha value is -0.153. The summed E-state index contributed by atoms with van der Waals surface area (Å²) in [4.78, 5) is 11.1. The number of carbonyl (C=O) groups is 1. The summed E-state index contributed by atoms with van der Waals surface area (Å²) < 4.78 is 6.68. The molecule has 2 nitrogen and oxygen atoms in total. The molecule has 1 rings (SSSR count). The molecule has 1 aliphatic carbocycles. The van der Waals surface area contributed by atoms with E-state index in [4.69, 9.17) is 4.43 Å². The molecule has 1 atom stereocenters. The summed E-state index contributed by atoms with van der Waals surface area (Å²) in [5.74, 6) is 0.556. The van der Waals surface area contributed by atoms with Crippen molar-refractivity contribution >= 4 is 14.6 Å². The number of aldehydes is 1. The Bertz CT molecular complexity index is 300. The molecule has 0 aromatic rings. The van der Waals surface area contributed by atoms with Crippen LogP contribution in [0.3, 0.4) is 0 Å². The van der Waals surface area contributed by atoms with Gasteiger partial charge in [-0.1, -0.05) is 40.0 Å². The average Bonchev–Trinajstić information content (AvgIpc) is 2.28. The molecule has 19 heavy (non-hydrogen) atoms. The fourth-order valence-electron chi connectivity index (χ4n) is 2.91. The number of carbonyl (C=O) groups excluding carboxylic acids is 1. The molecular weight excluding hydrogens is 252 g/mol. The minimum absolute atomic E-state index is 0.200. The van der Waals surface area contributed by atoms with E-state index in [0.717, 1.165) is 6.29 Å². The monoisotopic (exact) mass is 284 g/mol. The van der Waals surface area contributed by atoms with E-state index in [1.807, 2.05) is 0 Å². The van der Waals surface area contributed by atoms with E-state index >= 15 is 0 Å². The van der Waals surface area contributed by atoms with Gasteiger partial charge in [0.25, 0.3) is 0 Å². The Kier molecular flexibility index (Phi) is 5.41. The lowest BCUT2D eigenvalue weighted by Gasteiger charge is -2.48. The quantitative estimate of drug-likeness (QED) is 0.528. The smallest absolute Gasteiger partial charge is 0.192 e. The highest BCUT2D eigenvalue weighted by Gasteiger charge is 2.45. The topological polar surface area (TPSA) is 26.3 Å². The molecule has 0 aromatic carbocycles. The van der Waals surface area contributed by atoms with E-state index in [9.17, 15) is 4.79 Å². The lowest BCUT2D eigenvalue weighted by molar-refractivity contribution is -0.113. The van der Waals surface area contributed by atoms with Crippen molar-refractivity contribution in [1.29, 1.82) is 0 Å². The Labute approximate surface area is 120 Å². The highest BCUT2D eigenvalue weighted by Crippen LogP contribution is 2.44. The highest BCUT2D eigenvalue weighted by molar-refractivity contribution is 6.74. The van der Waals surface area contributed by atoms with Gasteiger partial charge in [0.1, 0.15) is 6.29 Å². The molecule has 3 heteroatoms. The van der Waals surface area contributed by atoms with E-state index < -0.39 is 8.32 Å². The molecule has 0 spiro atoms. The average molecular weight is 285 g/mol. The van der Waals surface area contributed by atoms with Gasteiger partial charge in [-0.15, -0.1) is 0 Å². The van der Waals surface area contributed by atoms with Crippen molar-refractivity contribution in [2.75, 3.05) is 0 Å². The highest BCUT2D eigenvalue weighted by atomic mass is 28.4. The number of rotatable bonds is 5. The van der Waals surface area contributed by atoms with Gasteiger partial charge in [-0.25, -0.2) is 0 Å². The molecule has 1 aliphatic rings. The molecule has 0 heterocycles. The summed E-state index contributed by atoms with van der Waals surface area (Å²) in [6, 6.07) is 0. The zero-order chi connectivity index (χ0) is 14.7. The Balaban J connectivity index is 2.89. The Morgan fingerprint density at radius 1 is 1.11 bits per heavy atom. The van der Waals surface area contributed by atoms with Gasteiger partial charge in [0.2, 0.25) is 0 Å². The molecule has 0 unspecified atom stereocenters. The normalized spacial score (nSPS) is 22.0. The molecule has 1 fully saturated rings. The molecule has 0 radical (unpaired) electrons. The third-order valence-corrected chi connectivity index (χ3v) is 9.84. The summed E-state index contributed by atoms with van der Waals surface area (Å²) in [5.41, 5.74) is -0.245. The van der Waals surface area contributed by atoms with Crippen molar-refractivity contribution in [3.8, 4) is 0 Å². The predicted octanol–water partition coefficient (Wildman–Crippen LogP) is 4.94. The van der Waals surface area contributed by atoms with E-state index in [-0.39, 0.29) is 10.6 Å². The van der Waals surface area contributed by atoms with Gasteiger partial charge in [0, 0.05) is 6.42 Å². The van der Waals surface area contributed by atoms with Crippen LogP contribution in [-0.2, 0) is 9.22 Å². The lowest BCUT2D eigenvalue weighted by Crippen LogP contribution is -2.52. The van der Waals surface area contributed by atoms with Gasteiger partial charge in [0.15, 0.2) is 8.32 Å². The molecular formula is C16H32O2Si. The van der Waals surface area contributed by atoms with Crippen LogP contribution in [0.2, 0.25) is 18.1 Å². The number of hydrogen-bond donors (Lipinski definition) is 0. The summed E-state index contributed by atoms with van der Waals surface area (Å²) in [6.07, 6.45) is 7.97. The van der Waals surface area contributed by atoms with Crippen LogP contribution in [0.1, 0.15) is 66.2 Å². The third kappa shape index (κ3) is 4.15. The van der Waals surface area contributed by atoms with Crippen LogP contribution in [0.5, 0.6) is 0 Å². The summed E-state index contributed by atoms with van der Waals surface area (Å²) >= 11 is 0. The van der Waals surface area contributed by atoms with Crippen LogP contribution >= 0.6 is 0 Å². The standard InChI is InChI=1S/C16H32O2Si/c1-15(2,3)19(5,6)18-16(4,12-13-17)14-10-8-7-9-11-14/h13-14H,7-12H2,1-6H3/t16-/m1/s1. The summed E-state index contributed by atoms with van der Waals surface area (Å²) in [6.45, 7) is 13.6. The number of hydrogen-bond acceptors (Lipinski definition) is 2. The predicted molar refractivity (Wildman–Crippen MR) is 83.9 cm³/mol. The molecule has 0 N–H and O–H groups in total. The van der Waals surface area contributed by atoms with E-state index in [1.54, 1.807) is 0 Å². The first kappa shape index (κ1) is 16.9. The fourth-order valence-corrected chi connectivity index (χ4v) is 4.63. The second-order valence-electron chi connectivity index (χ2n) is 7.88. The maximum absolute atomic E-state index is 11.1. The Morgan fingerprint density at radius 3 is 2.05 bits per heavy atom. The van der Waals surface area contributed by atoms with Gasteiger partial charge in [-0.05, 0) is 43.8 Å². The van der Waals surface area contributed by atoms with Crippen LogP contribution in [0.15, 0.2) is 0 Å². The third-order valence-electron chi connectivity index (χ3n) is 5.25. The van der Waals surface area contributed by atoms with Gasteiger partial charge in [0.05, 0.1) is 5.60 Å². The SMILES string of the molecule is CC(C)(C)[Si](C)(C)O[C@](C)(CC=O)C1CCCCC1. The van der Waals surface area contributed by atoms with Gasteiger partial charge in [-0.2, -0.15) is 0 Å². The maximum atomic E-state index is 11.1. The van der Waals surface area contributed by atoms with E-state index in [1.165, 1.54) is 32.1 Å². The molecule has 0 aromatic heterocycles. The Morgan fingerprint density at radius 2 is 1.63 bits per heavy atom. The first-order valence-corrected chi connectivity index (χ1v) is 10.7. The zero-order valence-electron chi connectivity index (χ0n) is 13.7. The lowest BCUT2D eigenvalue weighted by atomic mass is 9.76. The van der Waals surface area contributed by atoms with Crippen LogP contribution in [-0.4, -0.2) is 20.2 Å². The molecule has 0 saturated heterocycles. The summed E-state index contributed by atoms with van der Waals surface area (Å²) in [7, 11) is -1.82. The maximum Gasteiger partial charge on any atom is 0.192 e. The van der Waals surface area contributed by atoms with E-state index in [2.05, 4.69) is 40.8 Å². The largest absolute Gasteiger partial charge is 0.411 e. The van der Waals surface area contributed by atoms with Gasteiger partial charge in [-0.3, -0.25) is 0 Å². The van der Waals surface area contributed by atoms with Crippen molar-refractivity contribution in [2.24, 2.45) is 5.92 Å². The van der Waals surface area contributed by atoms with Crippen LogP contribution in [0.25, 0.3) is 0 Å². The first-order valence-electron chi connectivity index (χ1n) is 7.76. The van der Waals surface area contributed by atoms with Gasteiger partial charge >= 0.3 is 0 Å². The molecule has 1 saturated carbocycles. The first-order chi connectivity index (χ1) is 8.62. The van der Waals surface area contributed by atoms with Crippen LogP contribution < -0.4 is 0 Å². The van der Waals surface area contributed by atoms with E-state index in [0.29, 0.717) is 12.3 Å². The van der Waals surface area contributed by atoms with Crippen LogP contribution in [0, 0.1) is 5.92 Å². The minimum Gasteiger partial charge on any atom is -0.411 e. The van der Waals surface area contributed by atoms with Gasteiger partial charge < -0.3 is 9.22 Å². The van der Waals surface area contributed by atoms with Crippen molar-refractivity contribution in [2.45, 2.75) is 90.0 Å². The fraction of sp³-hybridized carbons (Fsp3) is 0.938. The van der Waals surface area contributed by atoms with Crippen LogP contribution in [0.4, 0.5) is 0 Å². The second-order valence-corrected chi connectivity index (χ2v) is 12.6. The van der Waals surface area contributed by atoms with Crippen molar-refractivity contribution < 1.29 is 9.22 Å². The van der Waals surface area contributed by atoms with Crippen molar-refractivity contribution in [1.82, 2.24) is 0 Å². The minimum atomic E-state index is -1.82. The molecule has 112 valence electrons. The van der Waals surface area contributed by atoms with Crippen molar-refractivity contribution in [3.05, 3.63) is 0 Å². The molecule has 0 amide bonds. The van der Waals surface area contributed by atoms with Crippen molar-refractivity contribution in [3.63, 3.8) is 0 Å². The molecule has 0 bridgehead atoms. The second kappa shape index (κ2) is 6.09. The molecule has 0 aliphatic heterocycles. The zero-order valence-corrected chi connectivity index (χ0v) is 14.7.